The van der Waals surface area contributed by atoms with E-state index in [2.05, 4.69) is 35.2 Å². The second-order valence-electron chi connectivity index (χ2n) is 9.98. The molecule has 3 aromatic rings. The topological polar surface area (TPSA) is 32.8 Å². The van der Waals surface area contributed by atoms with Gasteiger partial charge in [0.15, 0.2) is 0 Å². The predicted molar refractivity (Wildman–Crippen MR) is 151 cm³/mol. The number of amides is 1. The SMILES string of the molecule is O=C(c1ccc(Cl)cc1)N1CCOC(CCN2CCC(c3ccccc3)CC2)(c2ccc(Cl)c(Cl)c2)C1. The fourth-order valence-corrected chi connectivity index (χ4v) is 5.96. The molecule has 4 nitrogen and oxygen atoms in total. The van der Waals surface area contributed by atoms with E-state index in [0.717, 1.165) is 44.5 Å². The molecule has 2 aliphatic rings. The van der Waals surface area contributed by atoms with Crippen LogP contribution in [0.4, 0.5) is 0 Å². The van der Waals surface area contributed by atoms with E-state index in [1.54, 1.807) is 24.3 Å². The molecule has 0 saturated carbocycles. The zero-order valence-electron chi connectivity index (χ0n) is 20.7. The van der Waals surface area contributed by atoms with Crippen molar-refractivity contribution in [3.8, 4) is 0 Å². The van der Waals surface area contributed by atoms with Crippen molar-refractivity contribution in [2.75, 3.05) is 39.3 Å². The standard InChI is InChI=1S/C30H31Cl3N2O2/c31-26-9-6-24(7-10-26)29(36)35-18-19-37-30(21-35,25-8-11-27(32)28(33)20-25)14-17-34-15-12-23(13-16-34)22-4-2-1-3-5-22/h1-11,20,23H,12-19,21H2. The maximum atomic E-state index is 13.4. The third-order valence-corrected chi connectivity index (χ3v) is 8.69. The summed E-state index contributed by atoms with van der Waals surface area (Å²) in [5, 5.41) is 1.61. The van der Waals surface area contributed by atoms with Crippen LogP contribution >= 0.6 is 34.8 Å². The lowest BCUT2D eigenvalue weighted by atomic mass is 9.86. The molecule has 0 N–H and O–H groups in total. The second kappa shape index (κ2) is 11.8. The average Bonchev–Trinajstić information content (AvgIpc) is 2.94. The van der Waals surface area contributed by atoms with E-state index in [4.69, 9.17) is 39.5 Å². The minimum atomic E-state index is -0.662. The summed E-state index contributed by atoms with van der Waals surface area (Å²) in [5.74, 6) is 0.591. The van der Waals surface area contributed by atoms with Gasteiger partial charge in [0, 0.05) is 23.7 Å². The molecule has 0 spiro atoms. The van der Waals surface area contributed by atoms with Gasteiger partial charge in [0.05, 0.1) is 23.2 Å². The molecule has 2 heterocycles. The lowest BCUT2D eigenvalue weighted by Crippen LogP contribution is -2.53. The number of piperidine rings is 1. The Morgan fingerprint density at radius 2 is 1.62 bits per heavy atom. The van der Waals surface area contributed by atoms with Gasteiger partial charge in [0.2, 0.25) is 0 Å². The molecule has 7 heteroatoms. The number of nitrogens with zero attached hydrogens (tertiary/aromatic N) is 2. The molecule has 0 aliphatic carbocycles. The third kappa shape index (κ3) is 6.16. The largest absolute Gasteiger partial charge is 0.367 e. The van der Waals surface area contributed by atoms with E-state index in [-0.39, 0.29) is 5.91 Å². The molecule has 0 aromatic heterocycles. The number of morpholine rings is 1. The van der Waals surface area contributed by atoms with Crippen molar-refractivity contribution in [1.29, 1.82) is 0 Å². The highest BCUT2D eigenvalue weighted by Gasteiger charge is 2.41. The van der Waals surface area contributed by atoms with Gasteiger partial charge in [-0.2, -0.15) is 0 Å². The molecule has 2 aliphatic heterocycles. The van der Waals surface area contributed by atoms with Crippen LogP contribution in [0.3, 0.4) is 0 Å². The van der Waals surface area contributed by atoms with E-state index in [0.29, 0.717) is 46.2 Å². The van der Waals surface area contributed by atoms with Crippen LogP contribution in [0, 0.1) is 0 Å². The van der Waals surface area contributed by atoms with Crippen LogP contribution in [0.25, 0.3) is 0 Å². The molecule has 37 heavy (non-hydrogen) atoms. The molecule has 5 rings (SSSR count). The Hall–Kier alpha value is -2.08. The lowest BCUT2D eigenvalue weighted by molar-refractivity contribution is -0.113. The van der Waals surface area contributed by atoms with Crippen LogP contribution in [0.2, 0.25) is 15.1 Å². The summed E-state index contributed by atoms with van der Waals surface area (Å²) in [6.45, 7) is 4.41. The highest BCUT2D eigenvalue weighted by atomic mass is 35.5. The summed E-state index contributed by atoms with van der Waals surface area (Å²) in [7, 11) is 0. The minimum absolute atomic E-state index is 0.0203. The number of hydrogen-bond donors (Lipinski definition) is 0. The maximum Gasteiger partial charge on any atom is 0.254 e. The third-order valence-electron chi connectivity index (χ3n) is 7.70. The van der Waals surface area contributed by atoms with Crippen LogP contribution in [-0.4, -0.2) is 55.0 Å². The number of benzene rings is 3. The zero-order valence-corrected chi connectivity index (χ0v) is 23.0. The molecular weight excluding hydrogens is 527 g/mol. The Balaban J connectivity index is 1.32. The quantitative estimate of drug-likeness (QED) is 0.319. The Labute approximate surface area is 234 Å². The van der Waals surface area contributed by atoms with Crippen LogP contribution < -0.4 is 0 Å². The average molecular weight is 558 g/mol. The van der Waals surface area contributed by atoms with Gasteiger partial charge in [0.25, 0.3) is 5.91 Å². The van der Waals surface area contributed by atoms with Crippen molar-refractivity contribution in [2.45, 2.75) is 30.8 Å². The van der Waals surface area contributed by atoms with E-state index >= 15 is 0 Å². The highest BCUT2D eigenvalue weighted by Crippen LogP contribution is 2.38. The fraction of sp³-hybridized carbons (Fsp3) is 0.367. The summed E-state index contributed by atoms with van der Waals surface area (Å²) >= 11 is 18.7. The molecule has 1 atom stereocenters. The monoisotopic (exact) mass is 556 g/mol. The predicted octanol–water partition coefficient (Wildman–Crippen LogP) is 7.28. The highest BCUT2D eigenvalue weighted by molar-refractivity contribution is 6.42. The number of ether oxygens (including phenoxy) is 1. The number of rotatable bonds is 6. The molecule has 2 saturated heterocycles. The molecule has 2 fully saturated rings. The molecule has 3 aromatic carbocycles. The molecule has 194 valence electrons. The summed E-state index contributed by atoms with van der Waals surface area (Å²) in [5.41, 5.74) is 2.35. The molecule has 0 radical (unpaired) electrons. The molecule has 0 bridgehead atoms. The Morgan fingerprint density at radius 1 is 0.892 bits per heavy atom. The summed E-state index contributed by atoms with van der Waals surface area (Å²) < 4.78 is 6.52. The number of carbonyl (C=O) groups excluding carboxylic acids is 1. The summed E-state index contributed by atoms with van der Waals surface area (Å²) in [6.07, 6.45) is 3.04. The first kappa shape index (κ1) is 26.5. The Kier molecular flexibility index (Phi) is 8.43. The smallest absolute Gasteiger partial charge is 0.254 e. The van der Waals surface area contributed by atoms with Crippen LogP contribution in [0.15, 0.2) is 72.8 Å². The van der Waals surface area contributed by atoms with E-state index < -0.39 is 5.60 Å². The molecular formula is C30H31Cl3N2O2. The summed E-state index contributed by atoms with van der Waals surface area (Å²) in [4.78, 5) is 17.8. The summed E-state index contributed by atoms with van der Waals surface area (Å²) in [6, 6.07) is 23.5. The first-order valence-corrected chi connectivity index (χ1v) is 14.0. The van der Waals surface area contributed by atoms with Gasteiger partial charge >= 0.3 is 0 Å². The zero-order chi connectivity index (χ0) is 25.8. The first-order chi connectivity index (χ1) is 17.9. The number of halogens is 3. The van der Waals surface area contributed by atoms with Crippen LogP contribution in [0.1, 0.15) is 46.7 Å². The van der Waals surface area contributed by atoms with Crippen LogP contribution in [0.5, 0.6) is 0 Å². The van der Waals surface area contributed by atoms with Gasteiger partial charge in [-0.1, -0.05) is 71.2 Å². The van der Waals surface area contributed by atoms with Crippen molar-refractivity contribution >= 4 is 40.7 Å². The van der Waals surface area contributed by atoms with E-state index in [1.807, 2.05) is 23.1 Å². The maximum absolute atomic E-state index is 13.4. The van der Waals surface area contributed by atoms with Gasteiger partial charge in [-0.05, 0) is 85.8 Å². The first-order valence-electron chi connectivity index (χ1n) is 12.9. The van der Waals surface area contributed by atoms with Crippen LogP contribution in [-0.2, 0) is 10.3 Å². The molecule has 1 unspecified atom stereocenters. The second-order valence-corrected chi connectivity index (χ2v) is 11.2. The van der Waals surface area contributed by atoms with Crippen molar-refractivity contribution in [2.24, 2.45) is 0 Å². The van der Waals surface area contributed by atoms with E-state index in [1.165, 1.54) is 5.56 Å². The Morgan fingerprint density at radius 3 is 2.32 bits per heavy atom. The Bertz CT molecular complexity index is 1210. The van der Waals surface area contributed by atoms with Gasteiger partial charge in [0.1, 0.15) is 5.60 Å². The van der Waals surface area contributed by atoms with Crippen molar-refractivity contribution in [3.63, 3.8) is 0 Å². The van der Waals surface area contributed by atoms with E-state index in [9.17, 15) is 4.79 Å². The molecule has 1 amide bonds. The normalized spacial score (nSPS) is 21.2. The number of likely N-dealkylation sites (tertiary alicyclic amines) is 1. The van der Waals surface area contributed by atoms with Crippen molar-refractivity contribution < 1.29 is 9.53 Å². The van der Waals surface area contributed by atoms with Crippen molar-refractivity contribution in [3.05, 3.63) is 105 Å². The van der Waals surface area contributed by atoms with Gasteiger partial charge in [-0.25, -0.2) is 0 Å². The van der Waals surface area contributed by atoms with Gasteiger partial charge < -0.3 is 14.5 Å². The number of carbonyl (C=O) groups is 1. The fourth-order valence-electron chi connectivity index (χ4n) is 5.54. The minimum Gasteiger partial charge on any atom is -0.367 e. The van der Waals surface area contributed by atoms with Gasteiger partial charge in [-0.15, -0.1) is 0 Å². The van der Waals surface area contributed by atoms with Crippen molar-refractivity contribution in [1.82, 2.24) is 9.80 Å². The lowest BCUT2D eigenvalue weighted by Gasteiger charge is -2.44. The van der Waals surface area contributed by atoms with Gasteiger partial charge in [-0.3, -0.25) is 4.79 Å². The number of hydrogen-bond acceptors (Lipinski definition) is 3.